The fourth-order valence-corrected chi connectivity index (χ4v) is 2.43. The zero-order chi connectivity index (χ0) is 14.7. The summed E-state index contributed by atoms with van der Waals surface area (Å²) in [4.78, 5) is 17.1. The highest BCUT2D eigenvalue weighted by Crippen LogP contribution is 2.23. The van der Waals surface area contributed by atoms with Gasteiger partial charge in [0.25, 0.3) is 0 Å². The van der Waals surface area contributed by atoms with Gasteiger partial charge in [0.2, 0.25) is 11.8 Å². The molecule has 3 heterocycles. The molecule has 0 unspecified atom stereocenters. The van der Waals surface area contributed by atoms with Gasteiger partial charge in [-0.1, -0.05) is 0 Å². The second kappa shape index (κ2) is 5.82. The highest BCUT2D eigenvalue weighted by molar-refractivity contribution is 5.66. The highest BCUT2D eigenvalue weighted by atomic mass is 16.5. The van der Waals surface area contributed by atoms with Gasteiger partial charge < -0.3 is 20.3 Å². The van der Waals surface area contributed by atoms with Crippen molar-refractivity contribution in [2.24, 2.45) is 0 Å². The number of methoxy groups -OCH3 is 1. The summed E-state index contributed by atoms with van der Waals surface area (Å²) in [5.74, 6) is 1.29. The molecule has 0 aromatic carbocycles. The molecule has 21 heavy (non-hydrogen) atoms. The minimum atomic E-state index is 0.584. The van der Waals surface area contributed by atoms with Crippen molar-refractivity contribution in [3.8, 4) is 5.88 Å². The lowest BCUT2D eigenvalue weighted by molar-refractivity contribution is 0.396. The molecule has 0 amide bonds. The third-order valence-corrected chi connectivity index (χ3v) is 3.56. The normalized spacial score (nSPS) is 15.1. The van der Waals surface area contributed by atoms with E-state index in [0.29, 0.717) is 17.5 Å². The molecule has 2 aromatic heterocycles. The van der Waals surface area contributed by atoms with Crippen LogP contribution < -0.4 is 20.3 Å². The van der Waals surface area contributed by atoms with Crippen LogP contribution in [0.25, 0.3) is 0 Å². The summed E-state index contributed by atoms with van der Waals surface area (Å²) in [5.41, 5.74) is 7.73. The first-order valence-corrected chi connectivity index (χ1v) is 6.84. The molecule has 0 spiro atoms. The molecule has 0 aliphatic carbocycles. The molecule has 110 valence electrons. The highest BCUT2D eigenvalue weighted by Gasteiger charge is 2.20. The quantitative estimate of drug-likeness (QED) is 0.893. The standard InChI is InChI=1S/C14H18N6O/c1-21-13-3-5-17-14(18-13)20-8-6-19(7-9-20)12-2-4-16-10-11(12)15/h2-5,10H,6-9,15H2,1H3. The van der Waals surface area contributed by atoms with E-state index in [1.54, 1.807) is 31.8 Å². The second-order valence-corrected chi connectivity index (χ2v) is 4.81. The van der Waals surface area contributed by atoms with Crippen LogP contribution in [0.1, 0.15) is 0 Å². The number of piperazine rings is 1. The van der Waals surface area contributed by atoms with E-state index in [9.17, 15) is 0 Å². The fourth-order valence-electron chi connectivity index (χ4n) is 2.43. The Morgan fingerprint density at radius 1 is 1.10 bits per heavy atom. The van der Waals surface area contributed by atoms with E-state index < -0.39 is 0 Å². The number of aromatic nitrogens is 3. The predicted octanol–water partition coefficient (Wildman–Crippen LogP) is 0.789. The monoisotopic (exact) mass is 286 g/mol. The van der Waals surface area contributed by atoms with Crippen LogP contribution >= 0.6 is 0 Å². The minimum absolute atomic E-state index is 0.584. The van der Waals surface area contributed by atoms with Crippen molar-refractivity contribution < 1.29 is 4.74 Å². The summed E-state index contributed by atoms with van der Waals surface area (Å²) in [5, 5.41) is 0. The van der Waals surface area contributed by atoms with E-state index >= 15 is 0 Å². The molecule has 7 nitrogen and oxygen atoms in total. The van der Waals surface area contributed by atoms with Crippen molar-refractivity contribution in [1.82, 2.24) is 15.0 Å². The summed E-state index contributed by atoms with van der Waals surface area (Å²) < 4.78 is 5.14. The fraction of sp³-hybridized carbons (Fsp3) is 0.357. The SMILES string of the molecule is COc1ccnc(N2CCN(c3ccncc3N)CC2)n1. The molecule has 1 aliphatic heterocycles. The summed E-state index contributed by atoms with van der Waals surface area (Å²) in [7, 11) is 1.61. The first kappa shape index (κ1) is 13.4. The molecule has 0 bridgehead atoms. The molecular weight excluding hydrogens is 268 g/mol. The van der Waals surface area contributed by atoms with Crippen molar-refractivity contribution in [2.75, 3.05) is 48.8 Å². The largest absolute Gasteiger partial charge is 0.481 e. The number of hydrogen-bond donors (Lipinski definition) is 1. The Morgan fingerprint density at radius 3 is 2.57 bits per heavy atom. The molecule has 7 heteroatoms. The van der Waals surface area contributed by atoms with Gasteiger partial charge in [0.05, 0.1) is 24.7 Å². The Morgan fingerprint density at radius 2 is 1.86 bits per heavy atom. The van der Waals surface area contributed by atoms with Crippen LogP contribution in [-0.4, -0.2) is 48.2 Å². The summed E-state index contributed by atoms with van der Waals surface area (Å²) >= 11 is 0. The van der Waals surface area contributed by atoms with Gasteiger partial charge in [-0.05, 0) is 6.07 Å². The van der Waals surface area contributed by atoms with Gasteiger partial charge in [-0.2, -0.15) is 4.98 Å². The Hall–Kier alpha value is -2.57. The van der Waals surface area contributed by atoms with Crippen LogP contribution in [0, 0.1) is 0 Å². The third-order valence-electron chi connectivity index (χ3n) is 3.56. The summed E-state index contributed by atoms with van der Waals surface area (Å²) in [6, 6.07) is 3.70. The summed E-state index contributed by atoms with van der Waals surface area (Å²) in [6.07, 6.45) is 5.17. The first-order valence-electron chi connectivity index (χ1n) is 6.84. The molecule has 1 saturated heterocycles. The Bertz CT molecular complexity index is 612. The van der Waals surface area contributed by atoms with Crippen molar-refractivity contribution in [2.45, 2.75) is 0 Å². The topological polar surface area (TPSA) is 80.4 Å². The average molecular weight is 286 g/mol. The smallest absolute Gasteiger partial charge is 0.228 e. The van der Waals surface area contributed by atoms with Gasteiger partial charge in [-0.25, -0.2) is 4.98 Å². The maximum Gasteiger partial charge on any atom is 0.228 e. The van der Waals surface area contributed by atoms with E-state index in [0.717, 1.165) is 31.9 Å². The number of anilines is 3. The third kappa shape index (κ3) is 2.81. The van der Waals surface area contributed by atoms with E-state index in [-0.39, 0.29) is 0 Å². The molecule has 0 radical (unpaired) electrons. The van der Waals surface area contributed by atoms with Gasteiger partial charge in [-0.3, -0.25) is 4.98 Å². The maximum absolute atomic E-state index is 5.98. The van der Waals surface area contributed by atoms with Gasteiger partial charge in [0, 0.05) is 44.6 Å². The van der Waals surface area contributed by atoms with E-state index in [1.807, 2.05) is 6.07 Å². The Kier molecular flexibility index (Phi) is 3.72. The number of rotatable bonds is 3. The number of ether oxygens (including phenoxy) is 1. The van der Waals surface area contributed by atoms with Gasteiger partial charge in [0.1, 0.15) is 0 Å². The molecule has 1 fully saturated rings. The minimum Gasteiger partial charge on any atom is -0.481 e. The van der Waals surface area contributed by atoms with Crippen molar-refractivity contribution in [3.63, 3.8) is 0 Å². The Balaban J connectivity index is 1.69. The molecule has 0 saturated carbocycles. The first-order chi connectivity index (χ1) is 10.3. The molecule has 3 rings (SSSR count). The van der Waals surface area contributed by atoms with Gasteiger partial charge in [-0.15, -0.1) is 0 Å². The predicted molar refractivity (Wildman–Crippen MR) is 81.7 cm³/mol. The molecule has 0 atom stereocenters. The van der Waals surface area contributed by atoms with Crippen LogP contribution in [0.3, 0.4) is 0 Å². The van der Waals surface area contributed by atoms with E-state index in [2.05, 4.69) is 24.8 Å². The van der Waals surface area contributed by atoms with Crippen molar-refractivity contribution in [1.29, 1.82) is 0 Å². The summed E-state index contributed by atoms with van der Waals surface area (Å²) in [6.45, 7) is 3.42. The lowest BCUT2D eigenvalue weighted by atomic mass is 10.2. The van der Waals surface area contributed by atoms with Gasteiger partial charge in [0.15, 0.2) is 0 Å². The number of pyridine rings is 1. The van der Waals surface area contributed by atoms with Crippen LogP contribution in [0.2, 0.25) is 0 Å². The second-order valence-electron chi connectivity index (χ2n) is 4.81. The van der Waals surface area contributed by atoms with Crippen LogP contribution in [0.15, 0.2) is 30.7 Å². The molecular formula is C14H18N6O. The average Bonchev–Trinajstić information content (AvgIpc) is 2.56. The van der Waals surface area contributed by atoms with Crippen molar-refractivity contribution >= 4 is 17.3 Å². The maximum atomic E-state index is 5.98. The lowest BCUT2D eigenvalue weighted by Gasteiger charge is -2.36. The number of nitrogens with zero attached hydrogens (tertiary/aromatic N) is 5. The van der Waals surface area contributed by atoms with Crippen LogP contribution in [0.4, 0.5) is 17.3 Å². The van der Waals surface area contributed by atoms with E-state index in [4.69, 9.17) is 10.5 Å². The van der Waals surface area contributed by atoms with E-state index in [1.165, 1.54) is 0 Å². The molecule has 2 N–H and O–H groups in total. The number of nitrogen functional groups attached to an aromatic ring is 1. The zero-order valence-electron chi connectivity index (χ0n) is 11.9. The lowest BCUT2D eigenvalue weighted by Crippen LogP contribution is -2.47. The van der Waals surface area contributed by atoms with Gasteiger partial charge >= 0.3 is 0 Å². The van der Waals surface area contributed by atoms with Crippen LogP contribution in [0.5, 0.6) is 5.88 Å². The molecule has 2 aromatic rings. The number of nitrogens with two attached hydrogens (primary N) is 1. The number of hydrogen-bond acceptors (Lipinski definition) is 7. The van der Waals surface area contributed by atoms with Crippen molar-refractivity contribution in [3.05, 3.63) is 30.7 Å². The van der Waals surface area contributed by atoms with Crippen LogP contribution in [-0.2, 0) is 0 Å². The Labute approximate surface area is 123 Å². The molecule has 1 aliphatic rings. The zero-order valence-corrected chi connectivity index (χ0v) is 11.9.